The van der Waals surface area contributed by atoms with Gasteiger partial charge in [-0.3, -0.25) is 9.78 Å². The van der Waals surface area contributed by atoms with E-state index in [1.807, 2.05) is 24.3 Å². The van der Waals surface area contributed by atoms with E-state index < -0.39 is 0 Å². The number of pyridine rings is 1. The number of para-hydroxylation sites is 1. The zero-order chi connectivity index (χ0) is 14.5. The van der Waals surface area contributed by atoms with E-state index in [1.54, 1.807) is 0 Å². The Labute approximate surface area is 132 Å². The summed E-state index contributed by atoms with van der Waals surface area (Å²) in [7, 11) is 0. The highest BCUT2D eigenvalue weighted by Crippen LogP contribution is 2.40. The first-order valence-corrected chi connectivity index (χ1v) is 7.76. The third kappa shape index (κ3) is 2.18. The van der Waals surface area contributed by atoms with Gasteiger partial charge in [-0.05, 0) is 40.5 Å². The van der Waals surface area contributed by atoms with Crippen LogP contribution < -0.4 is 0 Å². The molecule has 1 aliphatic rings. The summed E-state index contributed by atoms with van der Waals surface area (Å²) in [5.74, 6) is 0.197. The number of ketones is 1. The average molecular weight is 377 g/mol. The first kappa shape index (κ1) is 13.7. The molecule has 3 rings (SSSR count). The minimum absolute atomic E-state index is 0.0105. The minimum Gasteiger partial charge on any atom is -0.294 e. The molecule has 1 aliphatic carbocycles. The third-order valence-corrected chi connectivity index (χ3v) is 4.34. The molecule has 2 aromatic rings. The number of halogens is 1. The fourth-order valence-corrected chi connectivity index (χ4v) is 3.57. The number of nitrogens with zero attached hydrogens (tertiary/aromatic N) is 1. The van der Waals surface area contributed by atoms with Crippen molar-refractivity contribution in [2.75, 3.05) is 0 Å². The van der Waals surface area contributed by atoms with E-state index in [2.05, 4.69) is 43.0 Å². The highest BCUT2D eigenvalue weighted by Gasteiger charge is 2.34. The molecule has 1 aromatic heterocycles. The quantitative estimate of drug-likeness (QED) is 0.669. The Kier molecular flexibility index (Phi) is 3.20. The number of carbonyl (C=O) groups is 1. The Hall–Kier alpha value is -1.23. The van der Waals surface area contributed by atoms with E-state index in [9.17, 15) is 4.79 Å². The lowest BCUT2D eigenvalue weighted by molar-refractivity contribution is 0.0910. The summed E-state index contributed by atoms with van der Waals surface area (Å²) in [5, 5.41) is 1.03. The maximum Gasteiger partial charge on any atom is 0.165 e. The second-order valence-electron chi connectivity index (χ2n) is 6.17. The van der Waals surface area contributed by atoms with Crippen LogP contribution in [0.5, 0.6) is 0 Å². The largest absolute Gasteiger partial charge is 0.294 e. The molecule has 1 aromatic carbocycles. The van der Waals surface area contributed by atoms with Gasteiger partial charge >= 0.3 is 0 Å². The number of hydrogen-bond donors (Lipinski definition) is 0. The van der Waals surface area contributed by atoms with Gasteiger partial charge in [0, 0.05) is 26.5 Å². The van der Waals surface area contributed by atoms with Crippen molar-refractivity contribution in [1.82, 2.24) is 4.98 Å². The van der Waals surface area contributed by atoms with Gasteiger partial charge in [-0.1, -0.05) is 38.6 Å². The Morgan fingerprint density at radius 2 is 2.00 bits per heavy atom. The SMILES string of the molecule is C=C(I)c1c2c(nc3ccccc13)CC(C)(C)CC2=O. The molecule has 0 bridgehead atoms. The average Bonchev–Trinajstić information content (AvgIpc) is 2.34. The van der Waals surface area contributed by atoms with Gasteiger partial charge in [-0.15, -0.1) is 0 Å². The standard InChI is InChI=1S/C17H16INO/c1-10(18)15-11-6-4-5-7-12(11)19-13-8-17(2,3)9-14(20)16(13)15/h4-7H,1,8-9H2,2-3H3. The van der Waals surface area contributed by atoms with E-state index in [0.717, 1.165) is 37.7 Å². The maximum absolute atomic E-state index is 12.6. The molecule has 0 aliphatic heterocycles. The Morgan fingerprint density at radius 3 is 2.70 bits per heavy atom. The van der Waals surface area contributed by atoms with Crippen molar-refractivity contribution in [3.8, 4) is 0 Å². The first-order chi connectivity index (χ1) is 9.39. The van der Waals surface area contributed by atoms with E-state index in [4.69, 9.17) is 4.98 Å². The Morgan fingerprint density at radius 1 is 1.30 bits per heavy atom. The predicted octanol–water partition coefficient (Wildman–Crippen LogP) is 4.80. The second-order valence-corrected chi connectivity index (χ2v) is 7.47. The number of hydrogen-bond acceptors (Lipinski definition) is 2. The smallest absolute Gasteiger partial charge is 0.165 e. The summed E-state index contributed by atoms with van der Waals surface area (Å²) < 4.78 is 0.908. The molecule has 0 radical (unpaired) electrons. The maximum atomic E-state index is 12.6. The van der Waals surface area contributed by atoms with Gasteiger partial charge in [-0.25, -0.2) is 0 Å². The molecule has 3 heteroatoms. The number of rotatable bonds is 1. The topological polar surface area (TPSA) is 30.0 Å². The van der Waals surface area contributed by atoms with E-state index >= 15 is 0 Å². The second kappa shape index (κ2) is 4.65. The van der Waals surface area contributed by atoms with Crippen LogP contribution in [0.3, 0.4) is 0 Å². The molecule has 0 atom stereocenters. The van der Waals surface area contributed by atoms with Gasteiger partial charge in [0.15, 0.2) is 5.78 Å². The van der Waals surface area contributed by atoms with Crippen LogP contribution in [-0.2, 0) is 6.42 Å². The van der Waals surface area contributed by atoms with Crippen molar-refractivity contribution in [2.24, 2.45) is 5.41 Å². The lowest BCUT2D eigenvalue weighted by Crippen LogP contribution is -2.29. The Balaban J connectivity index is 2.41. The van der Waals surface area contributed by atoms with Gasteiger partial charge in [0.25, 0.3) is 0 Å². The highest BCUT2D eigenvalue weighted by atomic mass is 127. The van der Waals surface area contributed by atoms with Crippen LogP contribution in [0.2, 0.25) is 0 Å². The molecule has 0 amide bonds. The molecular weight excluding hydrogens is 361 g/mol. The predicted molar refractivity (Wildman–Crippen MR) is 91.2 cm³/mol. The van der Waals surface area contributed by atoms with Crippen LogP contribution in [-0.4, -0.2) is 10.8 Å². The van der Waals surface area contributed by atoms with E-state index in [-0.39, 0.29) is 11.2 Å². The lowest BCUT2D eigenvalue weighted by Gasteiger charge is -2.31. The van der Waals surface area contributed by atoms with E-state index in [1.165, 1.54) is 0 Å². The van der Waals surface area contributed by atoms with Crippen LogP contribution in [0.15, 0.2) is 30.8 Å². The van der Waals surface area contributed by atoms with Gasteiger partial charge in [-0.2, -0.15) is 0 Å². The molecule has 0 saturated heterocycles. The van der Waals surface area contributed by atoms with Crippen molar-refractivity contribution >= 4 is 42.9 Å². The number of fused-ring (bicyclic) bond motifs is 2. The van der Waals surface area contributed by atoms with Crippen LogP contribution >= 0.6 is 22.6 Å². The summed E-state index contributed by atoms with van der Waals surface area (Å²) in [6.07, 6.45) is 1.42. The number of carbonyl (C=O) groups excluding carboxylic acids is 1. The zero-order valence-corrected chi connectivity index (χ0v) is 13.8. The van der Waals surface area contributed by atoms with Crippen molar-refractivity contribution < 1.29 is 4.79 Å². The molecule has 0 saturated carbocycles. The number of aromatic nitrogens is 1. The molecular formula is C17H16INO. The molecule has 0 N–H and O–H groups in total. The van der Waals surface area contributed by atoms with Gasteiger partial charge < -0.3 is 0 Å². The van der Waals surface area contributed by atoms with Gasteiger partial charge in [0.2, 0.25) is 0 Å². The molecule has 2 nitrogen and oxygen atoms in total. The van der Waals surface area contributed by atoms with Crippen molar-refractivity contribution in [3.63, 3.8) is 0 Å². The van der Waals surface area contributed by atoms with Crippen LogP contribution in [0.1, 0.15) is 41.9 Å². The summed E-state index contributed by atoms with van der Waals surface area (Å²) >= 11 is 2.21. The molecule has 1 heterocycles. The first-order valence-electron chi connectivity index (χ1n) is 6.69. The van der Waals surface area contributed by atoms with Crippen molar-refractivity contribution in [3.05, 3.63) is 47.7 Å². The fraction of sp³-hybridized carbons (Fsp3) is 0.294. The van der Waals surface area contributed by atoms with Gasteiger partial charge in [0.1, 0.15) is 0 Å². The zero-order valence-electron chi connectivity index (χ0n) is 11.7. The molecule has 0 unspecified atom stereocenters. The van der Waals surface area contributed by atoms with Crippen LogP contribution in [0.4, 0.5) is 0 Å². The van der Waals surface area contributed by atoms with Crippen molar-refractivity contribution in [2.45, 2.75) is 26.7 Å². The Bertz CT molecular complexity index is 746. The van der Waals surface area contributed by atoms with E-state index in [0.29, 0.717) is 6.42 Å². The lowest BCUT2D eigenvalue weighted by atomic mass is 9.74. The molecule has 102 valence electrons. The third-order valence-electron chi connectivity index (χ3n) is 3.80. The fourth-order valence-electron chi connectivity index (χ4n) is 3.01. The highest BCUT2D eigenvalue weighted by molar-refractivity contribution is 14.1. The number of Topliss-reactive ketones (excluding diaryl/α,β-unsaturated/α-hetero) is 1. The van der Waals surface area contributed by atoms with Crippen LogP contribution in [0.25, 0.3) is 14.5 Å². The normalized spacial score (nSPS) is 17.1. The summed E-state index contributed by atoms with van der Waals surface area (Å²) in [6, 6.07) is 7.99. The van der Waals surface area contributed by atoms with Gasteiger partial charge in [0.05, 0.1) is 11.2 Å². The van der Waals surface area contributed by atoms with Crippen molar-refractivity contribution in [1.29, 1.82) is 0 Å². The summed E-state index contributed by atoms with van der Waals surface area (Å²) in [4.78, 5) is 17.3. The summed E-state index contributed by atoms with van der Waals surface area (Å²) in [5.41, 5.74) is 3.64. The molecule has 0 spiro atoms. The molecule has 0 fully saturated rings. The monoisotopic (exact) mass is 377 g/mol. The molecule has 20 heavy (non-hydrogen) atoms. The number of benzene rings is 1. The minimum atomic E-state index is -0.0105. The summed E-state index contributed by atoms with van der Waals surface area (Å²) in [6.45, 7) is 8.32. The van der Waals surface area contributed by atoms with Crippen LogP contribution in [0, 0.1) is 5.41 Å².